The van der Waals surface area contributed by atoms with Gasteiger partial charge in [0.25, 0.3) is 13.1 Å². The molecule has 264 valence electrons. The number of aromatic nitrogens is 4. The van der Waals surface area contributed by atoms with Crippen LogP contribution >= 0.6 is 15.2 Å². The Morgan fingerprint density at radius 3 is 2.19 bits per heavy atom. The molecular weight excluding hydrogens is 656 g/mol. The van der Waals surface area contributed by atoms with E-state index in [4.69, 9.17) is 24.3 Å². The molecule has 2 aliphatic rings. The van der Waals surface area contributed by atoms with Crippen LogP contribution in [0.5, 0.6) is 0 Å². The number of anilines is 1. The molecule has 0 spiro atoms. The third kappa shape index (κ3) is 8.76. The molecule has 0 radical (unpaired) electrons. The predicted molar refractivity (Wildman–Crippen MR) is 175 cm³/mol. The van der Waals surface area contributed by atoms with Gasteiger partial charge in [0, 0.05) is 50.3 Å². The summed E-state index contributed by atoms with van der Waals surface area (Å²) >= 11 is 0. The van der Waals surface area contributed by atoms with Gasteiger partial charge in [0.1, 0.15) is 5.82 Å². The Balaban J connectivity index is 1.61. The van der Waals surface area contributed by atoms with Crippen molar-refractivity contribution in [2.45, 2.75) is 51.5 Å². The maximum absolute atomic E-state index is 14.8. The Labute approximate surface area is 273 Å². The van der Waals surface area contributed by atoms with Crippen LogP contribution in [0, 0.1) is 6.92 Å². The van der Waals surface area contributed by atoms with Crippen LogP contribution in [0.3, 0.4) is 0 Å². The van der Waals surface area contributed by atoms with Crippen LogP contribution in [-0.4, -0.2) is 131 Å². The molecule has 0 aromatic carbocycles. The number of aryl methyl sites for hydroxylation is 1. The Morgan fingerprint density at radius 2 is 1.60 bits per heavy atom. The van der Waals surface area contributed by atoms with Crippen LogP contribution < -0.4 is 22.7 Å². The van der Waals surface area contributed by atoms with Gasteiger partial charge in [0.05, 0.1) is 32.0 Å². The van der Waals surface area contributed by atoms with E-state index in [1.807, 2.05) is 13.8 Å². The van der Waals surface area contributed by atoms with Gasteiger partial charge >= 0.3 is 19.0 Å². The van der Waals surface area contributed by atoms with Crippen LogP contribution in [-0.2, 0) is 27.7 Å². The van der Waals surface area contributed by atoms with Gasteiger partial charge in [-0.3, -0.25) is 32.9 Å². The number of nitrogens with one attached hydrogen (secondary N) is 1. The average molecular weight is 704 g/mol. The van der Waals surface area contributed by atoms with Gasteiger partial charge in [-0.2, -0.15) is 4.98 Å². The lowest BCUT2D eigenvalue weighted by atomic mass is 10.2. The summed E-state index contributed by atoms with van der Waals surface area (Å²) in [6.45, 7) is 7.71. The maximum Gasteiger partial charge on any atom is 0.351 e. The van der Waals surface area contributed by atoms with E-state index in [9.17, 15) is 23.5 Å². The molecule has 2 aliphatic heterocycles. The van der Waals surface area contributed by atoms with E-state index < -0.39 is 56.8 Å². The van der Waals surface area contributed by atoms with Crippen molar-refractivity contribution in [1.82, 2.24) is 38.0 Å². The van der Waals surface area contributed by atoms with E-state index in [-0.39, 0.29) is 43.7 Å². The normalized spacial score (nSPS) is 25.7. The number of nitrogens with two attached hydrogens (primary N) is 1. The van der Waals surface area contributed by atoms with E-state index in [0.717, 1.165) is 0 Å². The summed E-state index contributed by atoms with van der Waals surface area (Å²) in [4.78, 5) is 45.8. The molecule has 2 aromatic rings. The summed E-state index contributed by atoms with van der Waals surface area (Å²) in [6, 6.07) is 1.63. The van der Waals surface area contributed by atoms with Gasteiger partial charge in [-0.15, -0.1) is 0 Å². The molecule has 0 saturated carbocycles. The number of ether oxygens (including phenoxy) is 2. The van der Waals surface area contributed by atoms with Crippen LogP contribution in [0.1, 0.15) is 31.9 Å². The zero-order valence-electron chi connectivity index (χ0n) is 28.1. The molecule has 47 heavy (non-hydrogen) atoms. The molecule has 0 bridgehead atoms. The number of morpholine rings is 2. The second-order valence-electron chi connectivity index (χ2n) is 12.4. The van der Waals surface area contributed by atoms with Gasteiger partial charge in [-0.1, -0.05) is 0 Å². The Morgan fingerprint density at radius 1 is 0.979 bits per heavy atom. The lowest BCUT2D eigenvalue weighted by Crippen LogP contribution is -2.52. The fraction of sp³-hybridized carbons (Fsp3) is 0.704. The molecule has 0 aliphatic carbocycles. The van der Waals surface area contributed by atoms with Crippen molar-refractivity contribution in [3.63, 3.8) is 0 Å². The molecule has 2 saturated heterocycles. The van der Waals surface area contributed by atoms with E-state index in [1.54, 1.807) is 39.8 Å². The second kappa shape index (κ2) is 14.9. The Bertz CT molecular complexity index is 1680. The highest BCUT2D eigenvalue weighted by molar-refractivity contribution is 7.55. The third-order valence-electron chi connectivity index (χ3n) is 8.18. The molecule has 2 fully saturated rings. The quantitative estimate of drug-likeness (QED) is 0.291. The smallest absolute Gasteiger partial charge is 0.351 e. The highest BCUT2D eigenvalue weighted by Gasteiger charge is 2.44. The number of aromatic amines is 1. The summed E-state index contributed by atoms with van der Waals surface area (Å²) in [5.74, 6) is 0.102. The number of nitrogens with zero attached hydrogens (tertiary/aromatic N) is 7. The molecular formula is C27H47N9O9P2. The SMILES string of the molecule is Cc1cn(C2CN(P(=O)(OCC3CN(C(C)C)CC(n4ccc(N)nc4=O)O3)N(C)C)CC(COP(C)(=O)N(C)C)O2)c(=O)[nH]c1=O. The van der Waals surface area contributed by atoms with E-state index in [1.165, 1.54) is 43.6 Å². The van der Waals surface area contributed by atoms with Crippen molar-refractivity contribution in [1.29, 1.82) is 0 Å². The zero-order valence-corrected chi connectivity index (χ0v) is 29.9. The first-order chi connectivity index (χ1) is 21.9. The highest BCUT2D eigenvalue weighted by atomic mass is 31.2. The Kier molecular flexibility index (Phi) is 11.9. The van der Waals surface area contributed by atoms with E-state index in [2.05, 4.69) is 14.9 Å². The molecule has 3 N–H and O–H groups in total. The van der Waals surface area contributed by atoms with E-state index in [0.29, 0.717) is 13.1 Å². The molecule has 4 rings (SSSR count). The van der Waals surface area contributed by atoms with Gasteiger partial charge in [-0.05, 0) is 55.0 Å². The molecule has 18 nitrogen and oxygen atoms in total. The molecule has 4 heterocycles. The number of rotatable bonds is 12. The molecule has 6 atom stereocenters. The molecule has 0 amide bonds. The standard InChI is InChI=1S/C27H47N9O9P2/c1-18(2)33-12-20(44-23(14-33)35-10-9-22(28)29-26(35)38)17-43-47(41,32(6)7)34-13-21(16-42-46(8,40)31(4)5)45-24(15-34)36-11-19(3)25(37)30-27(36)39/h9-11,18,20-21,23-24H,12-17H2,1-8H3,(H2,28,29,38)(H,30,37,39). The maximum atomic E-state index is 14.8. The summed E-state index contributed by atoms with van der Waals surface area (Å²) in [6.07, 6.45) is -0.141. The highest BCUT2D eigenvalue weighted by Crippen LogP contribution is 2.55. The number of hydrogen-bond donors (Lipinski definition) is 2. The topological polar surface area (TPSA) is 200 Å². The van der Waals surface area contributed by atoms with Crippen molar-refractivity contribution < 1.29 is 27.7 Å². The summed E-state index contributed by atoms with van der Waals surface area (Å²) in [7, 11) is -0.496. The molecule has 20 heteroatoms. The van der Waals surface area contributed by atoms with Crippen molar-refractivity contribution in [2.75, 3.05) is 80.0 Å². The number of H-pyrrole nitrogens is 1. The fourth-order valence-electron chi connectivity index (χ4n) is 5.17. The lowest BCUT2D eigenvalue weighted by Gasteiger charge is -2.44. The zero-order chi connectivity index (χ0) is 34.8. The average Bonchev–Trinajstić information content (AvgIpc) is 3.00. The Hall–Kier alpha value is -2.50. The van der Waals surface area contributed by atoms with Crippen molar-refractivity contribution in [3.8, 4) is 0 Å². The number of nitrogen functional groups attached to an aromatic ring is 1. The van der Waals surface area contributed by atoms with Crippen molar-refractivity contribution >= 4 is 21.0 Å². The minimum atomic E-state index is -3.83. The van der Waals surface area contributed by atoms with Crippen molar-refractivity contribution in [3.05, 3.63) is 55.3 Å². The van der Waals surface area contributed by atoms with E-state index >= 15 is 0 Å². The van der Waals surface area contributed by atoms with Crippen LogP contribution in [0.25, 0.3) is 0 Å². The molecule has 6 unspecified atom stereocenters. The van der Waals surface area contributed by atoms with Crippen LogP contribution in [0.15, 0.2) is 32.8 Å². The minimum absolute atomic E-state index is 0.0480. The largest absolute Gasteiger partial charge is 0.383 e. The number of hydrogen-bond acceptors (Lipinski definition) is 12. The van der Waals surface area contributed by atoms with Gasteiger partial charge in [-0.25, -0.2) is 23.6 Å². The van der Waals surface area contributed by atoms with Crippen molar-refractivity contribution in [2.24, 2.45) is 0 Å². The first-order valence-corrected chi connectivity index (χ1v) is 18.8. The minimum Gasteiger partial charge on any atom is -0.383 e. The third-order valence-corrected chi connectivity index (χ3v) is 12.8. The summed E-state index contributed by atoms with van der Waals surface area (Å²) < 4.78 is 59.3. The second-order valence-corrected chi connectivity index (χ2v) is 17.7. The summed E-state index contributed by atoms with van der Waals surface area (Å²) in [5, 5.41) is 0. The first kappa shape index (κ1) is 37.3. The van der Waals surface area contributed by atoms with Gasteiger partial charge in [0.2, 0.25) is 0 Å². The fourth-order valence-corrected chi connectivity index (χ4v) is 7.84. The van der Waals surface area contributed by atoms with Gasteiger partial charge < -0.3 is 24.3 Å². The predicted octanol–water partition coefficient (Wildman–Crippen LogP) is 0.579. The van der Waals surface area contributed by atoms with Gasteiger partial charge in [0.15, 0.2) is 12.5 Å². The molecule has 2 aromatic heterocycles. The summed E-state index contributed by atoms with van der Waals surface area (Å²) in [5.41, 5.74) is 4.18. The first-order valence-electron chi connectivity index (χ1n) is 15.2. The van der Waals surface area contributed by atoms with Crippen LogP contribution in [0.2, 0.25) is 0 Å². The monoisotopic (exact) mass is 703 g/mol. The lowest BCUT2D eigenvalue weighted by molar-refractivity contribution is -0.142. The van der Waals surface area contributed by atoms with Crippen LogP contribution in [0.4, 0.5) is 5.82 Å².